The molecule has 30 heavy (non-hydrogen) atoms. The normalized spacial score (nSPS) is 21.2. The van der Waals surface area contributed by atoms with E-state index in [1.165, 1.54) is 16.8 Å². The smallest absolute Gasteiger partial charge is 0.337 e. The number of amides is 1. The molecule has 5 rings (SSSR count). The molecule has 2 aliphatic heterocycles. The molecule has 8 heteroatoms. The number of carbonyl (C=O) groups is 1. The summed E-state index contributed by atoms with van der Waals surface area (Å²) in [6, 6.07) is 4.55. The molecule has 3 heterocycles. The Balaban J connectivity index is 1.60. The van der Waals surface area contributed by atoms with Crippen molar-refractivity contribution in [3.8, 4) is 5.69 Å². The molecular formula is C22H23F3N4O. The highest BCUT2D eigenvalue weighted by atomic mass is 19.4. The Kier molecular flexibility index (Phi) is 4.50. The van der Waals surface area contributed by atoms with Gasteiger partial charge >= 0.3 is 6.18 Å². The first-order valence-corrected chi connectivity index (χ1v) is 10.3. The number of hydrogen-bond acceptors (Lipinski definition) is 3. The van der Waals surface area contributed by atoms with Crippen molar-refractivity contribution >= 4 is 5.91 Å². The van der Waals surface area contributed by atoms with Gasteiger partial charge in [-0.15, -0.1) is 0 Å². The summed E-state index contributed by atoms with van der Waals surface area (Å²) in [5.41, 5.74) is 2.74. The molecule has 1 atom stereocenters. The number of hydrogen-bond donors (Lipinski definition) is 1. The van der Waals surface area contributed by atoms with E-state index < -0.39 is 11.7 Å². The van der Waals surface area contributed by atoms with E-state index in [1.807, 2.05) is 6.07 Å². The number of halogens is 3. The summed E-state index contributed by atoms with van der Waals surface area (Å²) < 4.78 is 43.3. The van der Waals surface area contributed by atoms with Crippen LogP contribution < -0.4 is 5.32 Å². The fraction of sp³-hybridized carbons (Fsp3) is 0.455. The number of nitrogens with zero attached hydrogens (tertiary/aromatic N) is 3. The number of alkyl halides is 3. The Morgan fingerprint density at radius 3 is 2.77 bits per heavy atom. The summed E-state index contributed by atoms with van der Waals surface area (Å²) in [7, 11) is 0. The van der Waals surface area contributed by atoms with Gasteiger partial charge in [0.2, 0.25) is 5.91 Å². The third-order valence-electron chi connectivity index (χ3n) is 6.31. The molecule has 0 spiro atoms. The van der Waals surface area contributed by atoms with Crippen LogP contribution in [0.4, 0.5) is 13.2 Å². The van der Waals surface area contributed by atoms with Crippen LogP contribution in [-0.4, -0.2) is 40.2 Å². The number of carbonyl (C=O) groups excluding carboxylic acids is 1. The van der Waals surface area contributed by atoms with Gasteiger partial charge in [-0.3, -0.25) is 4.79 Å². The van der Waals surface area contributed by atoms with Crippen molar-refractivity contribution in [1.82, 2.24) is 20.0 Å². The average Bonchev–Trinajstić information content (AvgIpc) is 3.53. The van der Waals surface area contributed by atoms with Gasteiger partial charge in [0, 0.05) is 38.0 Å². The van der Waals surface area contributed by atoms with Crippen molar-refractivity contribution in [2.75, 3.05) is 19.6 Å². The Morgan fingerprint density at radius 1 is 1.27 bits per heavy atom. The van der Waals surface area contributed by atoms with Crippen LogP contribution in [-0.2, 0) is 23.8 Å². The molecule has 0 radical (unpaired) electrons. The van der Waals surface area contributed by atoms with Gasteiger partial charge in [-0.2, -0.15) is 18.3 Å². The molecule has 0 bridgehead atoms. The molecule has 0 saturated heterocycles. The van der Waals surface area contributed by atoms with E-state index in [-0.39, 0.29) is 23.6 Å². The molecule has 158 valence electrons. The van der Waals surface area contributed by atoms with Crippen molar-refractivity contribution in [2.45, 2.75) is 43.8 Å². The molecule has 1 aromatic carbocycles. The lowest BCUT2D eigenvalue weighted by Gasteiger charge is -2.29. The number of rotatable bonds is 3. The van der Waals surface area contributed by atoms with Gasteiger partial charge in [0.05, 0.1) is 28.7 Å². The number of nitrogens with one attached hydrogen (secondary N) is 1. The molecule has 1 aromatic heterocycles. The first-order chi connectivity index (χ1) is 14.4. The largest absolute Gasteiger partial charge is 0.418 e. The van der Waals surface area contributed by atoms with Crippen LogP contribution >= 0.6 is 0 Å². The molecule has 0 unspecified atom stereocenters. The van der Waals surface area contributed by atoms with E-state index in [9.17, 15) is 18.0 Å². The Labute approximate surface area is 172 Å². The topological polar surface area (TPSA) is 50.2 Å². The quantitative estimate of drug-likeness (QED) is 0.779. The van der Waals surface area contributed by atoms with Gasteiger partial charge < -0.3 is 10.2 Å². The summed E-state index contributed by atoms with van der Waals surface area (Å²) in [6.45, 7) is 5.12. The van der Waals surface area contributed by atoms with Crippen molar-refractivity contribution in [3.63, 3.8) is 0 Å². The van der Waals surface area contributed by atoms with Crippen LogP contribution in [0.25, 0.3) is 5.69 Å². The number of benzene rings is 1. The van der Waals surface area contributed by atoms with Gasteiger partial charge in [0.25, 0.3) is 0 Å². The zero-order valence-corrected chi connectivity index (χ0v) is 16.5. The highest BCUT2D eigenvalue weighted by Crippen LogP contribution is 2.44. The predicted molar refractivity (Wildman–Crippen MR) is 105 cm³/mol. The van der Waals surface area contributed by atoms with Gasteiger partial charge in [-0.05, 0) is 42.5 Å². The van der Waals surface area contributed by atoms with Crippen molar-refractivity contribution in [2.24, 2.45) is 0 Å². The lowest BCUT2D eigenvalue weighted by molar-refractivity contribution is -0.137. The molecule has 1 fully saturated rings. The fourth-order valence-electron chi connectivity index (χ4n) is 4.68. The minimum atomic E-state index is -4.45. The van der Waals surface area contributed by atoms with E-state index in [2.05, 4.69) is 17.0 Å². The Bertz CT molecular complexity index is 1020. The molecule has 1 saturated carbocycles. The van der Waals surface area contributed by atoms with Gasteiger partial charge in [0.1, 0.15) is 0 Å². The lowest BCUT2D eigenvalue weighted by Crippen LogP contribution is -2.40. The standard InChI is InChI=1S/C22H23F3N4O/c1-2-20(30)28-10-8-16-21-17(12-28)26-9-7-19(21)29(27-16)18-6-5-14(13-3-4-13)11-15(18)22(23,24)25/h2,5-6,11,13,17,26H,1,3-4,7-10,12H2/t17-/m0/s1. The summed E-state index contributed by atoms with van der Waals surface area (Å²) in [5, 5.41) is 8.04. The second-order valence-corrected chi connectivity index (χ2v) is 8.26. The van der Waals surface area contributed by atoms with Gasteiger partial charge in [-0.1, -0.05) is 12.6 Å². The molecule has 1 N–H and O–H groups in total. The molecule has 1 aliphatic carbocycles. The maximum Gasteiger partial charge on any atom is 0.418 e. The fourth-order valence-corrected chi connectivity index (χ4v) is 4.68. The molecule has 1 amide bonds. The third kappa shape index (κ3) is 3.23. The van der Waals surface area contributed by atoms with E-state index in [1.54, 1.807) is 11.0 Å². The molecule has 5 nitrogen and oxygen atoms in total. The van der Waals surface area contributed by atoms with Crippen LogP contribution in [0.3, 0.4) is 0 Å². The van der Waals surface area contributed by atoms with Crippen LogP contribution in [0.5, 0.6) is 0 Å². The first kappa shape index (κ1) is 19.4. The average molecular weight is 416 g/mol. The molecule has 3 aliphatic rings. The van der Waals surface area contributed by atoms with Crippen LogP contribution in [0, 0.1) is 0 Å². The molecule has 2 aromatic rings. The Morgan fingerprint density at radius 2 is 2.07 bits per heavy atom. The van der Waals surface area contributed by atoms with Crippen LogP contribution in [0.2, 0.25) is 0 Å². The second kappa shape index (κ2) is 6.97. The maximum atomic E-state index is 13.9. The highest BCUT2D eigenvalue weighted by Gasteiger charge is 2.39. The monoisotopic (exact) mass is 416 g/mol. The van der Waals surface area contributed by atoms with Crippen molar-refractivity contribution in [3.05, 3.63) is 58.9 Å². The third-order valence-corrected chi connectivity index (χ3v) is 6.31. The second-order valence-electron chi connectivity index (χ2n) is 8.26. The zero-order valence-electron chi connectivity index (χ0n) is 16.5. The summed E-state index contributed by atoms with van der Waals surface area (Å²) >= 11 is 0. The van der Waals surface area contributed by atoms with Crippen LogP contribution in [0.1, 0.15) is 52.9 Å². The minimum absolute atomic E-state index is 0.0923. The zero-order chi connectivity index (χ0) is 21.0. The van der Waals surface area contributed by atoms with Crippen molar-refractivity contribution in [1.29, 1.82) is 0 Å². The maximum absolute atomic E-state index is 13.9. The lowest BCUT2D eigenvalue weighted by atomic mass is 9.97. The molecular weight excluding hydrogens is 393 g/mol. The first-order valence-electron chi connectivity index (χ1n) is 10.3. The van der Waals surface area contributed by atoms with E-state index in [0.29, 0.717) is 32.5 Å². The van der Waals surface area contributed by atoms with Crippen molar-refractivity contribution < 1.29 is 18.0 Å². The highest BCUT2D eigenvalue weighted by molar-refractivity contribution is 5.87. The van der Waals surface area contributed by atoms with Gasteiger partial charge in [0.15, 0.2) is 0 Å². The Hall–Kier alpha value is -2.61. The minimum Gasteiger partial charge on any atom is -0.337 e. The van der Waals surface area contributed by atoms with E-state index in [4.69, 9.17) is 0 Å². The van der Waals surface area contributed by atoms with Gasteiger partial charge in [-0.25, -0.2) is 4.68 Å². The van der Waals surface area contributed by atoms with E-state index in [0.717, 1.165) is 35.4 Å². The van der Waals surface area contributed by atoms with Crippen LogP contribution in [0.15, 0.2) is 30.9 Å². The summed E-state index contributed by atoms with van der Waals surface area (Å²) in [4.78, 5) is 13.8. The SMILES string of the molecule is C=CC(=O)N1CCc2nn(-c3ccc(C4CC4)cc3C(F)(F)F)c3c2[C@H](C1)NCC3. The summed E-state index contributed by atoms with van der Waals surface area (Å²) in [5.74, 6) is 0.103. The number of aromatic nitrogens is 2. The predicted octanol–water partition coefficient (Wildman–Crippen LogP) is 3.53. The summed E-state index contributed by atoms with van der Waals surface area (Å²) in [6.07, 6.45) is -0.152. The van der Waals surface area contributed by atoms with E-state index >= 15 is 0 Å².